The molecular formula is C13H22O3. The van der Waals surface area contributed by atoms with Crippen LogP contribution in [0.4, 0.5) is 0 Å². The maximum atomic E-state index is 9.92. The van der Waals surface area contributed by atoms with Gasteiger partial charge in [0.2, 0.25) is 0 Å². The van der Waals surface area contributed by atoms with Gasteiger partial charge in [-0.15, -0.1) is 0 Å². The molecule has 0 spiro atoms. The van der Waals surface area contributed by atoms with Crippen LogP contribution < -0.4 is 0 Å². The Hall–Kier alpha value is -0.380. The van der Waals surface area contributed by atoms with Crippen molar-refractivity contribution in [3.8, 4) is 0 Å². The number of aliphatic hydroxyl groups is 2. The predicted octanol–water partition coefficient (Wildman–Crippen LogP) is 1.70. The van der Waals surface area contributed by atoms with E-state index >= 15 is 0 Å². The molecule has 2 N–H and O–H groups in total. The van der Waals surface area contributed by atoms with Crippen LogP contribution in [0.25, 0.3) is 0 Å². The molecule has 3 heteroatoms. The number of rotatable bonds is 7. The van der Waals surface area contributed by atoms with Gasteiger partial charge in [-0.25, -0.2) is 0 Å². The smallest absolute Gasteiger partial charge is 0.157 e. The molecule has 0 aromatic rings. The third-order valence-electron chi connectivity index (χ3n) is 3.79. The van der Waals surface area contributed by atoms with Crippen molar-refractivity contribution in [1.29, 1.82) is 0 Å². The highest BCUT2D eigenvalue weighted by Crippen LogP contribution is 2.45. The summed E-state index contributed by atoms with van der Waals surface area (Å²) in [4.78, 5) is 0. The largest absolute Gasteiger partial charge is 0.396 e. The molecule has 4 atom stereocenters. The quantitative estimate of drug-likeness (QED) is 0.394. The standard InChI is InChI=1S/C13H22O3/c14-6-2-1-3-7-16-13(15)12-9-10-4-5-11(12)8-10/h4-5,10-15H,1-3,6-9H2. The molecule has 92 valence electrons. The Morgan fingerprint density at radius 3 is 2.69 bits per heavy atom. The first-order chi connectivity index (χ1) is 7.81. The lowest BCUT2D eigenvalue weighted by atomic mass is 9.93. The van der Waals surface area contributed by atoms with Crippen molar-refractivity contribution in [2.75, 3.05) is 13.2 Å². The lowest BCUT2D eigenvalue weighted by Crippen LogP contribution is -2.27. The van der Waals surface area contributed by atoms with Gasteiger partial charge in [0.15, 0.2) is 6.29 Å². The zero-order valence-corrected chi connectivity index (χ0v) is 9.72. The van der Waals surface area contributed by atoms with E-state index in [1.165, 1.54) is 6.42 Å². The van der Waals surface area contributed by atoms with Crippen molar-refractivity contribution in [2.24, 2.45) is 17.8 Å². The van der Waals surface area contributed by atoms with Gasteiger partial charge in [-0.2, -0.15) is 0 Å². The fourth-order valence-electron chi connectivity index (χ4n) is 2.87. The lowest BCUT2D eigenvalue weighted by Gasteiger charge is -2.24. The first-order valence-electron chi connectivity index (χ1n) is 6.40. The van der Waals surface area contributed by atoms with Crippen molar-refractivity contribution < 1.29 is 14.9 Å². The SMILES string of the molecule is OCCCCCOC(O)C1CC2C=CC1C2. The number of allylic oxidation sites excluding steroid dienone is 2. The Labute approximate surface area is 97.1 Å². The highest BCUT2D eigenvalue weighted by Gasteiger charge is 2.39. The fraction of sp³-hybridized carbons (Fsp3) is 0.846. The van der Waals surface area contributed by atoms with E-state index in [1.807, 2.05) is 0 Å². The second-order valence-electron chi connectivity index (χ2n) is 4.99. The molecule has 0 aromatic heterocycles. The zero-order valence-electron chi connectivity index (χ0n) is 9.72. The Balaban J connectivity index is 1.61. The van der Waals surface area contributed by atoms with E-state index in [0.717, 1.165) is 25.7 Å². The summed E-state index contributed by atoms with van der Waals surface area (Å²) in [5.74, 6) is 1.54. The molecule has 3 nitrogen and oxygen atoms in total. The van der Waals surface area contributed by atoms with E-state index in [9.17, 15) is 5.11 Å². The van der Waals surface area contributed by atoms with Gasteiger partial charge in [-0.3, -0.25) is 0 Å². The minimum Gasteiger partial charge on any atom is -0.396 e. The van der Waals surface area contributed by atoms with Crippen molar-refractivity contribution in [2.45, 2.75) is 38.4 Å². The Morgan fingerprint density at radius 2 is 2.06 bits per heavy atom. The molecule has 1 fully saturated rings. The van der Waals surface area contributed by atoms with Crippen LogP contribution in [0.5, 0.6) is 0 Å². The summed E-state index contributed by atoms with van der Waals surface area (Å²) in [6.07, 6.45) is 8.93. The van der Waals surface area contributed by atoms with E-state index in [0.29, 0.717) is 24.4 Å². The van der Waals surface area contributed by atoms with E-state index in [4.69, 9.17) is 9.84 Å². The predicted molar refractivity (Wildman–Crippen MR) is 61.7 cm³/mol. The Kier molecular flexibility index (Phi) is 4.38. The normalized spacial score (nSPS) is 33.5. The van der Waals surface area contributed by atoms with Crippen molar-refractivity contribution >= 4 is 0 Å². The first kappa shape index (κ1) is 12.1. The first-order valence-corrected chi connectivity index (χ1v) is 6.40. The minimum atomic E-state index is -0.589. The number of hydrogen-bond donors (Lipinski definition) is 2. The van der Waals surface area contributed by atoms with Gasteiger partial charge in [0, 0.05) is 19.1 Å². The zero-order chi connectivity index (χ0) is 11.4. The van der Waals surface area contributed by atoms with Crippen LogP contribution in [-0.2, 0) is 4.74 Å². The second kappa shape index (κ2) is 5.80. The van der Waals surface area contributed by atoms with E-state index in [2.05, 4.69) is 12.2 Å². The molecule has 0 radical (unpaired) electrons. The van der Waals surface area contributed by atoms with Gasteiger partial charge < -0.3 is 14.9 Å². The summed E-state index contributed by atoms with van der Waals surface area (Å²) in [6, 6.07) is 0. The monoisotopic (exact) mass is 226 g/mol. The van der Waals surface area contributed by atoms with Gasteiger partial charge in [-0.1, -0.05) is 12.2 Å². The summed E-state index contributed by atoms with van der Waals surface area (Å²) in [5.41, 5.74) is 0. The summed E-state index contributed by atoms with van der Waals surface area (Å²) < 4.78 is 5.47. The molecule has 0 heterocycles. The lowest BCUT2D eigenvalue weighted by molar-refractivity contribution is -0.140. The van der Waals surface area contributed by atoms with Crippen LogP contribution >= 0.6 is 0 Å². The molecule has 2 bridgehead atoms. The third kappa shape index (κ3) is 2.84. The summed E-state index contributed by atoms with van der Waals surface area (Å²) in [7, 11) is 0. The third-order valence-corrected chi connectivity index (χ3v) is 3.79. The van der Waals surface area contributed by atoms with E-state index in [1.54, 1.807) is 0 Å². The number of fused-ring (bicyclic) bond motifs is 2. The molecule has 4 unspecified atom stereocenters. The molecule has 0 amide bonds. The number of aliphatic hydroxyl groups excluding tert-OH is 2. The summed E-state index contributed by atoms with van der Waals surface area (Å²) in [5, 5.41) is 18.5. The average molecular weight is 226 g/mol. The molecule has 2 aliphatic carbocycles. The van der Waals surface area contributed by atoms with Crippen molar-refractivity contribution in [1.82, 2.24) is 0 Å². The van der Waals surface area contributed by atoms with Crippen LogP contribution in [-0.4, -0.2) is 29.7 Å². The molecule has 0 aliphatic heterocycles. The van der Waals surface area contributed by atoms with Gasteiger partial charge in [0.05, 0.1) is 0 Å². The maximum Gasteiger partial charge on any atom is 0.157 e. The average Bonchev–Trinajstić information content (AvgIpc) is 2.90. The van der Waals surface area contributed by atoms with Crippen molar-refractivity contribution in [3.63, 3.8) is 0 Å². The molecule has 0 aromatic carbocycles. The van der Waals surface area contributed by atoms with Crippen molar-refractivity contribution in [3.05, 3.63) is 12.2 Å². The number of ether oxygens (including phenoxy) is 1. The van der Waals surface area contributed by atoms with Crippen LogP contribution in [0.1, 0.15) is 32.1 Å². The second-order valence-corrected chi connectivity index (χ2v) is 4.99. The van der Waals surface area contributed by atoms with Gasteiger partial charge in [-0.05, 0) is 43.9 Å². The number of unbranched alkanes of at least 4 members (excludes halogenated alkanes) is 2. The Bertz CT molecular complexity index is 239. The minimum absolute atomic E-state index is 0.250. The van der Waals surface area contributed by atoms with Crippen LogP contribution in [0, 0.1) is 17.8 Å². The molecule has 16 heavy (non-hydrogen) atoms. The molecule has 2 aliphatic rings. The molecule has 2 rings (SSSR count). The van der Waals surface area contributed by atoms with Crippen LogP contribution in [0.15, 0.2) is 12.2 Å². The highest BCUT2D eigenvalue weighted by molar-refractivity contribution is 5.10. The van der Waals surface area contributed by atoms with Gasteiger partial charge >= 0.3 is 0 Å². The fourth-order valence-corrected chi connectivity index (χ4v) is 2.87. The summed E-state index contributed by atoms with van der Waals surface area (Å²) >= 11 is 0. The van der Waals surface area contributed by atoms with E-state index in [-0.39, 0.29) is 6.61 Å². The molecule has 0 saturated heterocycles. The van der Waals surface area contributed by atoms with Crippen LogP contribution in [0.2, 0.25) is 0 Å². The molecule has 1 saturated carbocycles. The van der Waals surface area contributed by atoms with Gasteiger partial charge in [0.25, 0.3) is 0 Å². The van der Waals surface area contributed by atoms with Crippen LogP contribution in [0.3, 0.4) is 0 Å². The summed E-state index contributed by atoms with van der Waals surface area (Å²) in [6.45, 7) is 0.860. The Morgan fingerprint density at radius 1 is 1.19 bits per heavy atom. The van der Waals surface area contributed by atoms with E-state index < -0.39 is 6.29 Å². The topological polar surface area (TPSA) is 49.7 Å². The van der Waals surface area contributed by atoms with Gasteiger partial charge in [0.1, 0.15) is 0 Å². The molecular weight excluding hydrogens is 204 g/mol. The highest BCUT2D eigenvalue weighted by atomic mass is 16.6. The maximum absolute atomic E-state index is 9.92. The number of hydrogen-bond acceptors (Lipinski definition) is 3.